The van der Waals surface area contributed by atoms with Crippen molar-refractivity contribution < 1.29 is 8.42 Å². The second-order valence-electron chi connectivity index (χ2n) is 4.20. The fourth-order valence-electron chi connectivity index (χ4n) is 1.63. The van der Waals surface area contributed by atoms with Crippen molar-refractivity contribution in [1.29, 1.82) is 0 Å². The van der Waals surface area contributed by atoms with Gasteiger partial charge in [0.05, 0.1) is 5.75 Å². The lowest BCUT2D eigenvalue weighted by Crippen LogP contribution is -2.16. The zero-order chi connectivity index (χ0) is 12.6. The molecule has 0 amide bonds. The molecule has 0 saturated heterocycles. The highest BCUT2D eigenvalue weighted by Crippen LogP contribution is 2.10. The van der Waals surface area contributed by atoms with E-state index < -0.39 is 10.0 Å². The molecule has 96 valence electrons. The fraction of sp³-hybridized carbons (Fsp3) is 0.538. The van der Waals surface area contributed by atoms with Gasteiger partial charge in [-0.3, -0.25) is 4.72 Å². The molecule has 0 bridgehead atoms. The Morgan fingerprint density at radius 2 is 1.65 bits per heavy atom. The van der Waals surface area contributed by atoms with Gasteiger partial charge in [-0.1, -0.05) is 50.8 Å². The highest BCUT2D eigenvalue weighted by molar-refractivity contribution is 7.92. The van der Waals surface area contributed by atoms with Crippen molar-refractivity contribution in [2.24, 2.45) is 0 Å². The van der Waals surface area contributed by atoms with Crippen LogP contribution in [0.3, 0.4) is 0 Å². The standard InChI is InChI=1S/C13H21NO2S/c1-2-3-4-5-9-12-17(15,16)14-13-10-7-6-8-11-13/h6-8,10-11,14H,2-5,9,12H2,1H3. The summed E-state index contributed by atoms with van der Waals surface area (Å²) in [6.07, 6.45) is 5.21. The number of para-hydroxylation sites is 1. The average Bonchev–Trinajstić information content (AvgIpc) is 2.29. The molecule has 0 aliphatic rings. The van der Waals surface area contributed by atoms with E-state index in [1.165, 1.54) is 12.8 Å². The van der Waals surface area contributed by atoms with Gasteiger partial charge in [-0.25, -0.2) is 8.42 Å². The minimum absolute atomic E-state index is 0.214. The average molecular weight is 255 g/mol. The van der Waals surface area contributed by atoms with Gasteiger partial charge in [-0.2, -0.15) is 0 Å². The van der Waals surface area contributed by atoms with Crippen LogP contribution in [-0.4, -0.2) is 14.2 Å². The Bertz CT molecular complexity index is 401. The molecule has 0 fully saturated rings. The Morgan fingerprint density at radius 3 is 2.29 bits per heavy atom. The SMILES string of the molecule is CCCCCCCS(=O)(=O)Nc1ccccc1. The molecule has 0 aromatic heterocycles. The smallest absolute Gasteiger partial charge is 0.232 e. The van der Waals surface area contributed by atoms with E-state index in [9.17, 15) is 8.42 Å². The van der Waals surface area contributed by atoms with Gasteiger partial charge >= 0.3 is 0 Å². The van der Waals surface area contributed by atoms with E-state index in [1.54, 1.807) is 12.1 Å². The van der Waals surface area contributed by atoms with E-state index >= 15 is 0 Å². The molecule has 3 nitrogen and oxygen atoms in total. The first-order valence-corrected chi connectivity index (χ1v) is 7.85. The molecule has 0 radical (unpaired) electrons. The van der Waals surface area contributed by atoms with Crippen LogP contribution in [0, 0.1) is 0 Å². The van der Waals surface area contributed by atoms with Crippen molar-refractivity contribution in [2.75, 3.05) is 10.5 Å². The van der Waals surface area contributed by atoms with E-state index in [4.69, 9.17) is 0 Å². The number of anilines is 1. The molecular formula is C13H21NO2S. The first kappa shape index (κ1) is 14.0. The summed E-state index contributed by atoms with van der Waals surface area (Å²) in [6, 6.07) is 9.02. The van der Waals surface area contributed by atoms with Gasteiger partial charge in [0.15, 0.2) is 0 Å². The zero-order valence-electron chi connectivity index (χ0n) is 10.4. The molecule has 1 rings (SSSR count). The van der Waals surface area contributed by atoms with Gasteiger partial charge < -0.3 is 0 Å². The Labute approximate surface area is 104 Å². The number of unbranched alkanes of at least 4 members (excludes halogenated alkanes) is 4. The molecule has 4 heteroatoms. The highest BCUT2D eigenvalue weighted by atomic mass is 32.2. The monoisotopic (exact) mass is 255 g/mol. The summed E-state index contributed by atoms with van der Waals surface area (Å²) < 4.78 is 26.0. The lowest BCUT2D eigenvalue weighted by molar-refractivity contribution is 0.591. The molecule has 1 aromatic carbocycles. The first-order valence-electron chi connectivity index (χ1n) is 6.19. The topological polar surface area (TPSA) is 46.2 Å². The number of sulfonamides is 1. The molecule has 1 aromatic rings. The van der Waals surface area contributed by atoms with Gasteiger partial charge in [-0.15, -0.1) is 0 Å². The number of benzene rings is 1. The number of hydrogen-bond acceptors (Lipinski definition) is 2. The van der Waals surface area contributed by atoms with Crippen LogP contribution < -0.4 is 4.72 Å². The van der Waals surface area contributed by atoms with E-state index in [2.05, 4.69) is 11.6 Å². The lowest BCUT2D eigenvalue weighted by atomic mass is 10.2. The number of rotatable bonds is 8. The molecule has 0 saturated carbocycles. The van der Waals surface area contributed by atoms with Crippen LogP contribution >= 0.6 is 0 Å². The van der Waals surface area contributed by atoms with Crippen molar-refractivity contribution in [3.05, 3.63) is 30.3 Å². The van der Waals surface area contributed by atoms with Crippen molar-refractivity contribution in [3.63, 3.8) is 0 Å². The summed E-state index contributed by atoms with van der Waals surface area (Å²) in [4.78, 5) is 0. The Hall–Kier alpha value is -1.03. The minimum Gasteiger partial charge on any atom is -0.284 e. The van der Waals surface area contributed by atoms with E-state index in [0.717, 1.165) is 19.3 Å². The third kappa shape index (κ3) is 6.31. The number of nitrogens with one attached hydrogen (secondary N) is 1. The lowest BCUT2D eigenvalue weighted by Gasteiger charge is -2.07. The van der Waals surface area contributed by atoms with Crippen LogP contribution in [0.15, 0.2) is 30.3 Å². The largest absolute Gasteiger partial charge is 0.284 e. The van der Waals surface area contributed by atoms with E-state index in [0.29, 0.717) is 5.69 Å². The second-order valence-corrected chi connectivity index (χ2v) is 6.04. The molecule has 0 aliphatic heterocycles. The normalized spacial score (nSPS) is 11.4. The molecule has 0 heterocycles. The predicted octanol–water partition coefficient (Wildman–Crippen LogP) is 3.40. The van der Waals surface area contributed by atoms with Gasteiger partial charge in [-0.05, 0) is 18.6 Å². The van der Waals surface area contributed by atoms with Gasteiger partial charge in [0.25, 0.3) is 0 Å². The predicted molar refractivity (Wildman–Crippen MR) is 72.6 cm³/mol. The second kappa shape index (κ2) is 7.33. The number of hydrogen-bond donors (Lipinski definition) is 1. The van der Waals surface area contributed by atoms with Crippen LogP contribution in [0.5, 0.6) is 0 Å². The maximum absolute atomic E-state index is 11.7. The summed E-state index contributed by atoms with van der Waals surface area (Å²) in [5.41, 5.74) is 0.640. The summed E-state index contributed by atoms with van der Waals surface area (Å²) >= 11 is 0. The summed E-state index contributed by atoms with van der Waals surface area (Å²) in [7, 11) is -3.17. The van der Waals surface area contributed by atoms with Crippen LogP contribution in [0.4, 0.5) is 5.69 Å². The van der Waals surface area contributed by atoms with Crippen LogP contribution in [0.1, 0.15) is 39.0 Å². The molecule has 17 heavy (non-hydrogen) atoms. The van der Waals surface area contributed by atoms with Crippen LogP contribution in [0.25, 0.3) is 0 Å². The minimum atomic E-state index is -3.17. The molecule has 0 atom stereocenters. The van der Waals surface area contributed by atoms with Gasteiger partial charge in [0, 0.05) is 5.69 Å². The molecule has 0 spiro atoms. The highest BCUT2D eigenvalue weighted by Gasteiger charge is 2.09. The first-order chi connectivity index (χ1) is 8.14. The maximum atomic E-state index is 11.7. The fourth-order valence-corrected chi connectivity index (χ4v) is 2.81. The Balaban J connectivity index is 2.32. The Kier molecular flexibility index (Phi) is 6.05. The Morgan fingerprint density at radius 1 is 1.00 bits per heavy atom. The molecule has 0 unspecified atom stereocenters. The molecular weight excluding hydrogens is 234 g/mol. The van der Waals surface area contributed by atoms with Crippen molar-refractivity contribution in [3.8, 4) is 0 Å². The van der Waals surface area contributed by atoms with Gasteiger partial charge in [0.2, 0.25) is 10.0 Å². The van der Waals surface area contributed by atoms with Crippen molar-refractivity contribution >= 4 is 15.7 Å². The van der Waals surface area contributed by atoms with E-state index in [1.807, 2.05) is 18.2 Å². The maximum Gasteiger partial charge on any atom is 0.232 e. The summed E-state index contributed by atoms with van der Waals surface area (Å²) in [5, 5.41) is 0. The third-order valence-corrected chi connectivity index (χ3v) is 3.94. The van der Waals surface area contributed by atoms with Gasteiger partial charge in [0.1, 0.15) is 0 Å². The van der Waals surface area contributed by atoms with Crippen LogP contribution in [0.2, 0.25) is 0 Å². The summed E-state index contributed by atoms with van der Waals surface area (Å²) in [6.45, 7) is 2.15. The summed E-state index contributed by atoms with van der Waals surface area (Å²) in [5.74, 6) is 0.214. The third-order valence-electron chi connectivity index (χ3n) is 2.56. The zero-order valence-corrected chi connectivity index (χ0v) is 11.2. The van der Waals surface area contributed by atoms with Crippen molar-refractivity contribution in [2.45, 2.75) is 39.0 Å². The quantitative estimate of drug-likeness (QED) is 0.724. The molecule has 1 N–H and O–H groups in total. The van der Waals surface area contributed by atoms with Crippen LogP contribution in [-0.2, 0) is 10.0 Å². The van der Waals surface area contributed by atoms with Crippen molar-refractivity contribution in [1.82, 2.24) is 0 Å². The van der Waals surface area contributed by atoms with E-state index in [-0.39, 0.29) is 5.75 Å². The molecule has 0 aliphatic carbocycles.